The molecule has 1 aromatic carbocycles. The summed E-state index contributed by atoms with van der Waals surface area (Å²) in [4.78, 5) is 4.27. The van der Waals surface area contributed by atoms with Gasteiger partial charge in [0.25, 0.3) is 5.89 Å². The van der Waals surface area contributed by atoms with Crippen LogP contribution in [0.25, 0.3) is 22.5 Å². The van der Waals surface area contributed by atoms with Gasteiger partial charge in [0.05, 0.1) is 11.6 Å². The van der Waals surface area contributed by atoms with E-state index >= 15 is 0 Å². The zero-order valence-corrected chi connectivity index (χ0v) is 14.9. The van der Waals surface area contributed by atoms with E-state index in [0.29, 0.717) is 26.6 Å². The van der Waals surface area contributed by atoms with Crippen molar-refractivity contribution in [1.82, 2.24) is 10.1 Å². The van der Waals surface area contributed by atoms with Crippen LogP contribution in [0.5, 0.6) is 11.5 Å². The Morgan fingerprint density at radius 1 is 1.48 bits per heavy atom. The van der Waals surface area contributed by atoms with E-state index in [2.05, 4.69) is 26.1 Å². The quantitative estimate of drug-likeness (QED) is 0.651. The number of ether oxygens (including phenoxy) is 1. The molecule has 23 heavy (non-hydrogen) atoms. The van der Waals surface area contributed by atoms with E-state index in [1.165, 1.54) is 7.11 Å². The van der Waals surface area contributed by atoms with E-state index in [1.54, 1.807) is 29.5 Å². The van der Waals surface area contributed by atoms with Gasteiger partial charge in [0, 0.05) is 10.9 Å². The van der Waals surface area contributed by atoms with Crippen molar-refractivity contribution in [2.75, 3.05) is 7.11 Å². The molecule has 0 spiro atoms. The van der Waals surface area contributed by atoms with Crippen LogP contribution in [0.3, 0.4) is 0 Å². The molecule has 3 aromatic rings. The van der Waals surface area contributed by atoms with E-state index in [4.69, 9.17) is 20.9 Å². The van der Waals surface area contributed by atoms with Crippen LogP contribution < -0.4 is 4.74 Å². The summed E-state index contributed by atoms with van der Waals surface area (Å²) in [5, 5.41) is 17.9. The van der Waals surface area contributed by atoms with E-state index in [9.17, 15) is 5.11 Å². The average molecular weight is 414 g/mol. The van der Waals surface area contributed by atoms with Crippen LogP contribution in [0.15, 0.2) is 38.0 Å². The predicted molar refractivity (Wildman–Crippen MR) is 93.7 cm³/mol. The molecule has 8 heteroatoms. The largest absolute Gasteiger partial charge is 0.503 e. The van der Waals surface area contributed by atoms with Crippen LogP contribution in [-0.2, 0) is 0 Å². The number of rotatable bonds is 4. The van der Waals surface area contributed by atoms with Gasteiger partial charge in [-0.3, -0.25) is 0 Å². The number of hydrogen-bond acceptors (Lipinski definition) is 6. The number of nitrogens with zero attached hydrogens (tertiary/aromatic N) is 2. The van der Waals surface area contributed by atoms with Gasteiger partial charge < -0.3 is 14.4 Å². The van der Waals surface area contributed by atoms with Gasteiger partial charge in [-0.15, -0.1) is 0 Å². The number of benzene rings is 1. The summed E-state index contributed by atoms with van der Waals surface area (Å²) in [6, 6.07) is 5.26. The maximum Gasteiger partial charge on any atom is 0.269 e. The first-order valence-electron chi connectivity index (χ1n) is 6.39. The third-order valence-corrected chi connectivity index (χ3v) is 4.53. The first kappa shape index (κ1) is 16.0. The number of aromatic nitrogens is 2. The third-order valence-electron chi connectivity index (χ3n) is 2.97. The Labute approximate surface area is 149 Å². The van der Waals surface area contributed by atoms with Crippen LogP contribution in [-0.4, -0.2) is 22.4 Å². The lowest BCUT2D eigenvalue weighted by Crippen LogP contribution is -1.86. The molecule has 0 saturated carbocycles. The molecule has 5 nitrogen and oxygen atoms in total. The number of phenols is 1. The van der Waals surface area contributed by atoms with Gasteiger partial charge in [-0.25, -0.2) is 0 Å². The van der Waals surface area contributed by atoms with Crippen LogP contribution >= 0.6 is 38.9 Å². The molecule has 0 unspecified atom stereocenters. The fraction of sp³-hybridized carbons (Fsp3) is 0.0667. The molecule has 3 rings (SSSR count). The maximum atomic E-state index is 9.82. The molecular weight excluding hydrogens is 404 g/mol. The van der Waals surface area contributed by atoms with Crippen molar-refractivity contribution in [3.05, 3.63) is 44.9 Å². The van der Waals surface area contributed by atoms with E-state index in [1.807, 2.05) is 16.8 Å². The number of methoxy groups -OCH3 is 1. The Balaban J connectivity index is 1.92. The van der Waals surface area contributed by atoms with Gasteiger partial charge in [0.1, 0.15) is 5.03 Å². The lowest BCUT2D eigenvalue weighted by atomic mass is 10.2. The normalized spacial score (nSPS) is 11.7. The Kier molecular flexibility index (Phi) is 4.70. The van der Waals surface area contributed by atoms with Gasteiger partial charge >= 0.3 is 0 Å². The van der Waals surface area contributed by atoms with Crippen molar-refractivity contribution >= 4 is 50.0 Å². The van der Waals surface area contributed by atoms with Crippen LogP contribution in [0, 0.1) is 0 Å². The molecule has 0 radical (unpaired) electrons. The average Bonchev–Trinajstić information content (AvgIpc) is 3.20. The van der Waals surface area contributed by atoms with Crippen LogP contribution in [0.4, 0.5) is 0 Å². The minimum absolute atomic E-state index is 0.0262. The zero-order chi connectivity index (χ0) is 16.4. The topological polar surface area (TPSA) is 68.4 Å². The van der Waals surface area contributed by atoms with E-state index < -0.39 is 0 Å². The first-order chi connectivity index (χ1) is 11.1. The summed E-state index contributed by atoms with van der Waals surface area (Å²) >= 11 is 11.1. The Hall–Kier alpha value is -1.83. The second kappa shape index (κ2) is 6.74. The summed E-state index contributed by atoms with van der Waals surface area (Å²) in [7, 11) is 1.47. The van der Waals surface area contributed by atoms with Gasteiger partial charge in [0.2, 0.25) is 5.82 Å². The summed E-state index contributed by atoms with van der Waals surface area (Å²) in [6.45, 7) is 0. The minimum Gasteiger partial charge on any atom is -0.503 e. The summed E-state index contributed by atoms with van der Waals surface area (Å²) in [5.41, 5.74) is 1.59. The van der Waals surface area contributed by atoms with Crippen LogP contribution in [0.1, 0.15) is 11.5 Å². The molecule has 0 fully saturated rings. The van der Waals surface area contributed by atoms with Gasteiger partial charge in [-0.2, -0.15) is 16.3 Å². The van der Waals surface area contributed by atoms with Crippen molar-refractivity contribution in [3.63, 3.8) is 0 Å². The number of aromatic hydroxyl groups is 1. The van der Waals surface area contributed by atoms with E-state index in [-0.39, 0.29) is 11.6 Å². The second-order valence-corrected chi connectivity index (χ2v) is 6.52. The van der Waals surface area contributed by atoms with Crippen molar-refractivity contribution < 1.29 is 14.4 Å². The highest BCUT2D eigenvalue weighted by Crippen LogP contribution is 2.36. The molecule has 0 aliphatic heterocycles. The van der Waals surface area contributed by atoms with Crippen molar-refractivity contribution in [2.45, 2.75) is 0 Å². The number of hydrogen-bond donors (Lipinski definition) is 1. The van der Waals surface area contributed by atoms with E-state index in [0.717, 1.165) is 5.56 Å². The molecule has 118 valence electrons. The fourth-order valence-corrected chi connectivity index (χ4v) is 3.17. The molecule has 1 N–H and O–H groups in total. The van der Waals surface area contributed by atoms with Gasteiger partial charge in [-0.1, -0.05) is 16.8 Å². The lowest BCUT2D eigenvalue weighted by Gasteiger charge is -2.06. The third kappa shape index (κ3) is 3.41. The number of phenolic OH excluding ortho intramolecular Hbond substituents is 1. The zero-order valence-electron chi connectivity index (χ0n) is 11.8. The van der Waals surface area contributed by atoms with Gasteiger partial charge in [0.15, 0.2) is 11.5 Å². The summed E-state index contributed by atoms with van der Waals surface area (Å²) < 4.78 is 10.8. The Morgan fingerprint density at radius 2 is 2.30 bits per heavy atom. The SMILES string of the molecule is COc1cc(/C=C(\Cl)c2nc(-c3ccsc3)no2)cc(Br)c1O. The van der Waals surface area contributed by atoms with Gasteiger partial charge in [-0.05, 0) is 51.1 Å². The standard InChI is InChI=1S/C15H10BrClN2O3S/c1-21-12-6-8(4-10(16)13(12)20)5-11(17)15-18-14(19-22-15)9-2-3-23-7-9/h2-7,20H,1H3/b11-5-. The number of thiophene rings is 1. The molecule has 0 aliphatic rings. The van der Waals surface area contributed by atoms with Crippen LogP contribution in [0.2, 0.25) is 0 Å². The highest BCUT2D eigenvalue weighted by atomic mass is 79.9. The summed E-state index contributed by atoms with van der Waals surface area (Å²) in [6.07, 6.45) is 1.65. The van der Waals surface area contributed by atoms with Crippen molar-refractivity contribution in [2.24, 2.45) is 0 Å². The Bertz CT molecular complexity index is 862. The molecule has 0 atom stereocenters. The lowest BCUT2D eigenvalue weighted by molar-refractivity contribution is 0.372. The highest BCUT2D eigenvalue weighted by molar-refractivity contribution is 9.10. The maximum absolute atomic E-state index is 9.82. The first-order valence-corrected chi connectivity index (χ1v) is 8.50. The fourth-order valence-electron chi connectivity index (χ4n) is 1.87. The second-order valence-electron chi connectivity index (χ2n) is 4.48. The molecule has 0 amide bonds. The number of halogens is 2. The van der Waals surface area contributed by atoms with Crippen molar-refractivity contribution in [1.29, 1.82) is 0 Å². The smallest absolute Gasteiger partial charge is 0.269 e. The monoisotopic (exact) mass is 412 g/mol. The molecular formula is C15H10BrClN2O3S. The minimum atomic E-state index is 0.0262. The Morgan fingerprint density at radius 3 is 3.00 bits per heavy atom. The predicted octanol–water partition coefficient (Wildman–Crippen LogP) is 5.01. The highest BCUT2D eigenvalue weighted by Gasteiger charge is 2.13. The molecule has 2 heterocycles. The molecule has 0 bridgehead atoms. The molecule has 0 aliphatic carbocycles. The molecule has 2 aromatic heterocycles. The van der Waals surface area contributed by atoms with Crippen molar-refractivity contribution in [3.8, 4) is 22.9 Å². The summed E-state index contributed by atoms with van der Waals surface area (Å²) in [5.74, 6) is 1.06. The molecule has 0 saturated heterocycles.